The number of furan rings is 1. The fourth-order valence-electron chi connectivity index (χ4n) is 1.60. The molecular weight excluding hydrogens is 290 g/mol. The molecule has 0 unspecified atom stereocenters. The lowest BCUT2D eigenvalue weighted by atomic mass is 10.1. The average Bonchev–Trinajstić information content (AvgIpc) is 2.80. The van der Waals surface area contributed by atoms with Crippen molar-refractivity contribution >= 4 is 6.29 Å². The quantitative estimate of drug-likeness (QED) is 0.472. The maximum atomic E-state index is 13.6. The number of hydrogen-bond donors (Lipinski definition) is 0. The Morgan fingerprint density at radius 2 is 1.70 bits per heavy atom. The summed E-state index contributed by atoms with van der Waals surface area (Å²) in [7, 11) is 0. The van der Waals surface area contributed by atoms with Crippen molar-refractivity contribution in [1.82, 2.24) is 0 Å². The zero-order valence-corrected chi connectivity index (χ0v) is 9.39. The lowest BCUT2D eigenvalue weighted by molar-refractivity contribution is -0.142. The standard InChI is InChI=1S/C12H4F6O2/c13-7-3-6(8-2-1-5(4-19)20-8)10(14)11(15)9(7)12(16,17)18/h1-4H. The Morgan fingerprint density at radius 3 is 2.20 bits per heavy atom. The molecule has 0 atom stereocenters. The normalized spacial score (nSPS) is 11.7. The molecule has 0 aliphatic carbocycles. The van der Waals surface area contributed by atoms with Gasteiger partial charge in [-0.3, -0.25) is 4.79 Å². The van der Waals surface area contributed by atoms with Gasteiger partial charge < -0.3 is 4.42 Å². The molecule has 106 valence electrons. The topological polar surface area (TPSA) is 30.2 Å². The number of halogens is 6. The minimum atomic E-state index is -5.37. The van der Waals surface area contributed by atoms with Crippen LogP contribution in [-0.4, -0.2) is 6.29 Å². The second-order valence-electron chi connectivity index (χ2n) is 3.73. The maximum Gasteiger partial charge on any atom is 0.422 e. The third-order valence-corrected chi connectivity index (χ3v) is 2.45. The first-order chi connectivity index (χ1) is 9.25. The van der Waals surface area contributed by atoms with E-state index >= 15 is 0 Å². The fraction of sp³-hybridized carbons (Fsp3) is 0.0833. The predicted molar refractivity (Wildman–Crippen MR) is 54.4 cm³/mol. The van der Waals surface area contributed by atoms with Crippen molar-refractivity contribution in [2.24, 2.45) is 0 Å². The van der Waals surface area contributed by atoms with Gasteiger partial charge in [-0.2, -0.15) is 13.2 Å². The Morgan fingerprint density at radius 1 is 1.05 bits per heavy atom. The molecule has 1 heterocycles. The first-order valence-electron chi connectivity index (χ1n) is 5.05. The minimum Gasteiger partial charge on any atom is -0.453 e. The highest BCUT2D eigenvalue weighted by Crippen LogP contribution is 2.37. The predicted octanol–water partition coefficient (Wildman–Crippen LogP) is 4.20. The summed E-state index contributed by atoms with van der Waals surface area (Å²) in [5.74, 6) is -6.98. The molecule has 0 saturated carbocycles. The molecule has 0 fully saturated rings. The summed E-state index contributed by atoms with van der Waals surface area (Å²) in [6.45, 7) is 0. The molecule has 0 radical (unpaired) electrons. The smallest absolute Gasteiger partial charge is 0.422 e. The number of aldehydes is 1. The number of alkyl halides is 3. The number of benzene rings is 1. The van der Waals surface area contributed by atoms with E-state index in [-0.39, 0.29) is 18.1 Å². The van der Waals surface area contributed by atoms with Crippen molar-refractivity contribution in [3.8, 4) is 11.3 Å². The first-order valence-corrected chi connectivity index (χ1v) is 5.05. The van der Waals surface area contributed by atoms with E-state index in [1.54, 1.807) is 0 Å². The van der Waals surface area contributed by atoms with E-state index in [1.807, 2.05) is 0 Å². The Balaban J connectivity index is 2.66. The van der Waals surface area contributed by atoms with E-state index in [1.165, 1.54) is 0 Å². The summed E-state index contributed by atoms with van der Waals surface area (Å²) in [5, 5.41) is 0. The van der Waals surface area contributed by atoms with Crippen molar-refractivity contribution < 1.29 is 35.6 Å². The van der Waals surface area contributed by atoms with Gasteiger partial charge in [0.2, 0.25) is 0 Å². The van der Waals surface area contributed by atoms with Gasteiger partial charge in [0.1, 0.15) is 17.1 Å². The second-order valence-corrected chi connectivity index (χ2v) is 3.73. The fourth-order valence-corrected chi connectivity index (χ4v) is 1.60. The van der Waals surface area contributed by atoms with E-state index in [0.29, 0.717) is 0 Å². The molecule has 1 aromatic heterocycles. The Hall–Kier alpha value is -2.25. The molecule has 8 heteroatoms. The molecule has 0 spiro atoms. The summed E-state index contributed by atoms with van der Waals surface area (Å²) in [4.78, 5) is 10.4. The van der Waals surface area contributed by atoms with Gasteiger partial charge in [0.25, 0.3) is 0 Å². The summed E-state index contributed by atoms with van der Waals surface area (Å²) in [6, 6.07) is 2.25. The van der Waals surface area contributed by atoms with Gasteiger partial charge in [0.15, 0.2) is 23.7 Å². The number of rotatable bonds is 2. The third-order valence-electron chi connectivity index (χ3n) is 2.45. The van der Waals surface area contributed by atoms with Crippen LogP contribution in [0.5, 0.6) is 0 Å². The van der Waals surface area contributed by atoms with Crippen molar-refractivity contribution in [1.29, 1.82) is 0 Å². The van der Waals surface area contributed by atoms with Crippen molar-refractivity contribution in [2.75, 3.05) is 0 Å². The Labute approximate surface area is 107 Å². The number of hydrogen-bond acceptors (Lipinski definition) is 2. The highest BCUT2D eigenvalue weighted by Gasteiger charge is 2.40. The molecule has 20 heavy (non-hydrogen) atoms. The third kappa shape index (κ3) is 2.28. The maximum absolute atomic E-state index is 13.6. The van der Waals surface area contributed by atoms with Gasteiger partial charge in [-0.1, -0.05) is 0 Å². The van der Waals surface area contributed by atoms with Crippen LogP contribution in [0.15, 0.2) is 22.6 Å². The zero-order chi connectivity index (χ0) is 15.1. The molecule has 0 saturated heterocycles. The van der Waals surface area contributed by atoms with Crippen LogP contribution in [0.1, 0.15) is 16.1 Å². The SMILES string of the molecule is O=Cc1ccc(-c2cc(F)c(C(F)(F)F)c(F)c2F)o1. The van der Waals surface area contributed by atoms with E-state index < -0.39 is 40.5 Å². The lowest BCUT2D eigenvalue weighted by Gasteiger charge is -2.11. The molecule has 2 aromatic rings. The molecule has 0 aliphatic heterocycles. The first kappa shape index (κ1) is 14.2. The van der Waals surface area contributed by atoms with Crippen molar-refractivity contribution in [3.63, 3.8) is 0 Å². The molecule has 2 rings (SSSR count). The van der Waals surface area contributed by atoms with Gasteiger partial charge in [-0.15, -0.1) is 0 Å². The van der Waals surface area contributed by atoms with Crippen LogP contribution in [0.25, 0.3) is 11.3 Å². The van der Waals surface area contributed by atoms with Gasteiger partial charge in [0, 0.05) is 0 Å². The Kier molecular flexibility index (Phi) is 3.33. The highest BCUT2D eigenvalue weighted by atomic mass is 19.4. The largest absolute Gasteiger partial charge is 0.453 e. The van der Waals surface area contributed by atoms with E-state index in [2.05, 4.69) is 0 Å². The molecule has 0 bridgehead atoms. The molecule has 1 aromatic carbocycles. The van der Waals surface area contributed by atoms with Crippen LogP contribution in [0, 0.1) is 17.5 Å². The minimum absolute atomic E-state index is 0.161. The molecule has 0 aliphatic rings. The van der Waals surface area contributed by atoms with E-state index in [0.717, 1.165) is 12.1 Å². The van der Waals surface area contributed by atoms with Crippen LogP contribution >= 0.6 is 0 Å². The number of carbonyl (C=O) groups is 1. The van der Waals surface area contributed by atoms with Crippen molar-refractivity contribution in [3.05, 3.63) is 47.0 Å². The molecule has 0 amide bonds. The summed E-state index contributed by atoms with van der Waals surface area (Å²) in [5.41, 5.74) is -3.16. The van der Waals surface area contributed by atoms with E-state index in [4.69, 9.17) is 4.42 Å². The van der Waals surface area contributed by atoms with Crippen LogP contribution in [0.2, 0.25) is 0 Å². The monoisotopic (exact) mass is 294 g/mol. The lowest BCUT2D eigenvalue weighted by Crippen LogP contribution is -2.13. The van der Waals surface area contributed by atoms with Crippen molar-refractivity contribution in [2.45, 2.75) is 6.18 Å². The highest BCUT2D eigenvalue weighted by molar-refractivity contribution is 5.73. The number of carbonyl (C=O) groups excluding carboxylic acids is 1. The van der Waals surface area contributed by atoms with Gasteiger partial charge in [-0.05, 0) is 18.2 Å². The van der Waals surface area contributed by atoms with Gasteiger partial charge in [-0.25, -0.2) is 13.2 Å². The summed E-state index contributed by atoms with van der Waals surface area (Å²) in [6.07, 6.45) is -5.12. The molecule has 2 nitrogen and oxygen atoms in total. The van der Waals surface area contributed by atoms with Crippen LogP contribution in [0.4, 0.5) is 26.3 Å². The zero-order valence-electron chi connectivity index (χ0n) is 9.39. The molecular formula is C12H4F6O2. The van der Waals surface area contributed by atoms with Gasteiger partial charge in [0.05, 0.1) is 5.56 Å². The van der Waals surface area contributed by atoms with Crippen LogP contribution < -0.4 is 0 Å². The summed E-state index contributed by atoms with van der Waals surface area (Å²) < 4.78 is 82.1. The van der Waals surface area contributed by atoms with E-state index in [9.17, 15) is 31.1 Å². The average molecular weight is 294 g/mol. The van der Waals surface area contributed by atoms with Crippen LogP contribution in [-0.2, 0) is 6.18 Å². The summed E-state index contributed by atoms with van der Waals surface area (Å²) >= 11 is 0. The molecule has 0 N–H and O–H groups in total. The van der Waals surface area contributed by atoms with Gasteiger partial charge >= 0.3 is 6.18 Å². The Bertz CT molecular complexity index is 671. The van der Waals surface area contributed by atoms with Crippen LogP contribution in [0.3, 0.4) is 0 Å². The second kappa shape index (κ2) is 4.69.